The van der Waals surface area contributed by atoms with Gasteiger partial charge in [-0.05, 0) is 18.9 Å². The molecule has 1 heterocycles. The van der Waals surface area contributed by atoms with Crippen molar-refractivity contribution in [2.45, 2.75) is 44.1 Å². The Bertz CT molecular complexity index is 467. The normalized spacial score (nSPS) is 21.7. The maximum absolute atomic E-state index is 10.3. The monoisotopic (exact) mass is 263 g/mol. The van der Waals surface area contributed by atoms with Crippen molar-refractivity contribution in [2.75, 3.05) is 13.2 Å². The van der Waals surface area contributed by atoms with Gasteiger partial charge in [0.25, 0.3) is 0 Å². The van der Waals surface area contributed by atoms with E-state index in [2.05, 4.69) is 0 Å². The average molecular weight is 263 g/mol. The lowest BCUT2D eigenvalue weighted by Crippen LogP contribution is -2.38. The SMILES string of the molecule is NC1(c2cc3c(cc2O)OCCCO3)CCCCC1. The number of hydrogen-bond donors (Lipinski definition) is 2. The van der Waals surface area contributed by atoms with Crippen LogP contribution < -0.4 is 15.2 Å². The molecule has 0 unspecified atom stereocenters. The third-order valence-corrected chi connectivity index (χ3v) is 4.15. The second kappa shape index (κ2) is 4.93. The van der Waals surface area contributed by atoms with E-state index in [1.807, 2.05) is 6.07 Å². The second-order valence-corrected chi connectivity index (χ2v) is 5.58. The molecule has 4 nitrogen and oxygen atoms in total. The van der Waals surface area contributed by atoms with Crippen molar-refractivity contribution in [3.63, 3.8) is 0 Å². The second-order valence-electron chi connectivity index (χ2n) is 5.58. The van der Waals surface area contributed by atoms with E-state index >= 15 is 0 Å². The number of hydrogen-bond acceptors (Lipinski definition) is 4. The van der Waals surface area contributed by atoms with Crippen LogP contribution in [0, 0.1) is 0 Å². The van der Waals surface area contributed by atoms with Crippen LogP contribution in [-0.2, 0) is 5.54 Å². The first-order valence-electron chi connectivity index (χ1n) is 7.11. The van der Waals surface area contributed by atoms with Gasteiger partial charge in [0.05, 0.1) is 13.2 Å². The molecule has 1 aromatic rings. The van der Waals surface area contributed by atoms with Gasteiger partial charge in [0, 0.05) is 23.6 Å². The summed E-state index contributed by atoms with van der Waals surface area (Å²) in [5.74, 6) is 1.56. The van der Waals surface area contributed by atoms with E-state index in [9.17, 15) is 5.11 Å². The molecule has 3 rings (SSSR count). The van der Waals surface area contributed by atoms with Gasteiger partial charge < -0.3 is 20.3 Å². The van der Waals surface area contributed by atoms with Gasteiger partial charge in [0.2, 0.25) is 0 Å². The molecule has 1 fully saturated rings. The lowest BCUT2D eigenvalue weighted by Gasteiger charge is -2.34. The van der Waals surface area contributed by atoms with Crippen molar-refractivity contribution in [3.8, 4) is 17.2 Å². The Morgan fingerprint density at radius 3 is 2.26 bits per heavy atom. The molecule has 2 aliphatic rings. The van der Waals surface area contributed by atoms with E-state index in [-0.39, 0.29) is 5.75 Å². The van der Waals surface area contributed by atoms with E-state index < -0.39 is 5.54 Å². The van der Waals surface area contributed by atoms with Gasteiger partial charge in [0.15, 0.2) is 11.5 Å². The molecule has 0 atom stereocenters. The number of fused-ring (bicyclic) bond motifs is 1. The van der Waals surface area contributed by atoms with E-state index in [1.165, 1.54) is 6.42 Å². The number of benzene rings is 1. The molecule has 1 aromatic carbocycles. The van der Waals surface area contributed by atoms with Crippen LogP contribution in [0.25, 0.3) is 0 Å². The molecule has 4 heteroatoms. The van der Waals surface area contributed by atoms with Crippen molar-refractivity contribution < 1.29 is 14.6 Å². The number of aromatic hydroxyl groups is 1. The number of phenols is 1. The molecule has 1 saturated carbocycles. The molecule has 0 radical (unpaired) electrons. The van der Waals surface area contributed by atoms with Crippen molar-refractivity contribution in [2.24, 2.45) is 5.73 Å². The smallest absolute Gasteiger partial charge is 0.164 e. The zero-order valence-electron chi connectivity index (χ0n) is 11.2. The van der Waals surface area contributed by atoms with E-state index in [0.29, 0.717) is 24.7 Å². The topological polar surface area (TPSA) is 64.7 Å². The quantitative estimate of drug-likeness (QED) is 0.817. The van der Waals surface area contributed by atoms with Gasteiger partial charge in [-0.25, -0.2) is 0 Å². The van der Waals surface area contributed by atoms with Gasteiger partial charge in [-0.3, -0.25) is 0 Å². The van der Waals surface area contributed by atoms with Crippen LogP contribution in [0.1, 0.15) is 44.1 Å². The average Bonchev–Trinajstić information content (AvgIpc) is 2.63. The molecule has 0 bridgehead atoms. The van der Waals surface area contributed by atoms with Gasteiger partial charge >= 0.3 is 0 Å². The zero-order chi connectivity index (χ0) is 13.3. The maximum atomic E-state index is 10.3. The van der Waals surface area contributed by atoms with Gasteiger partial charge in [-0.15, -0.1) is 0 Å². The van der Waals surface area contributed by atoms with Crippen molar-refractivity contribution in [1.29, 1.82) is 0 Å². The lowest BCUT2D eigenvalue weighted by molar-refractivity contribution is 0.287. The summed E-state index contributed by atoms with van der Waals surface area (Å²) in [5.41, 5.74) is 6.88. The van der Waals surface area contributed by atoms with Gasteiger partial charge in [-0.2, -0.15) is 0 Å². The molecule has 0 spiro atoms. The molecule has 0 saturated heterocycles. The van der Waals surface area contributed by atoms with E-state index in [0.717, 1.165) is 37.7 Å². The summed E-state index contributed by atoms with van der Waals surface area (Å²) in [6.45, 7) is 1.27. The van der Waals surface area contributed by atoms with Crippen LogP contribution in [0.4, 0.5) is 0 Å². The first-order chi connectivity index (χ1) is 9.19. The van der Waals surface area contributed by atoms with Crippen LogP contribution in [-0.4, -0.2) is 18.3 Å². The van der Waals surface area contributed by atoms with E-state index in [1.54, 1.807) is 6.07 Å². The lowest BCUT2D eigenvalue weighted by atomic mass is 9.77. The highest BCUT2D eigenvalue weighted by atomic mass is 16.5. The molecule has 0 aromatic heterocycles. The fourth-order valence-corrected chi connectivity index (χ4v) is 3.05. The Kier molecular flexibility index (Phi) is 3.27. The number of rotatable bonds is 1. The number of nitrogens with two attached hydrogens (primary N) is 1. The van der Waals surface area contributed by atoms with Crippen molar-refractivity contribution >= 4 is 0 Å². The largest absolute Gasteiger partial charge is 0.507 e. The van der Waals surface area contributed by atoms with Gasteiger partial charge in [-0.1, -0.05) is 19.3 Å². The minimum Gasteiger partial charge on any atom is -0.507 e. The Labute approximate surface area is 113 Å². The van der Waals surface area contributed by atoms with Crippen molar-refractivity contribution in [3.05, 3.63) is 17.7 Å². The van der Waals surface area contributed by atoms with Crippen LogP contribution in [0.2, 0.25) is 0 Å². The molecule has 0 amide bonds. The van der Waals surface area contributed by atoms with Crippen LogP contribution >= 0.6 is 0 Å². The summed E-state index contributed by atoms with van der Waals surface area (Å²) >= 11 is 0. The summed E-state index contributed by atoms with van der Waals surface area (Å²) in [5, 5.41) is 10.3. The number of ether oxygens (including phenoxy) is 2. The highest BCUT2D eigenvalue weighted by Crippen LogP contribution is 2.44. The fourth-order valence-electron chi connectivity index (χ4n) is 3.05. The highest BCUT2D eigenvalue weighted by Gasteiger charge is 2.33. The van der Waals surface area contributed by atoms with E-state index in [4.69, 9.17) is 15.2 Å². The Morgan fingerprint density at radius 1 is 0.947 bits per heavy atom. The minimum atomic E-state index is -0.424. The Morgan fingerprint density at radius 2 is 1.58 bits per heavy atom. The Hall–Kier alpha value is -1.42. The summed E-state index contributed by atoms with van der Waals surface area (Å²) in [6.07, 6.45) is 6.15. The van der Waals surface area contributed by atoms with Crippen LogP contribution in [0.15, 0.2) is 12.1 Å². The first-order valence-corrected chi connectivity index (χ1v) is 7.11. The molecule has 1 aliphatic carbocycles. The third kappa shape index (κ3) is 2.37. The van der Waals surface area contributed by atoms with Crippen molar-refractivity contribution in [1.82, 2.24) is 0 Å². The highest BCUT2D eigenvalue weighted by molar-refractivity contribution is 5.52. The third-order valence-electron chi connectivity index (χ3n) is 4.15. The maximum Gasteiger partial charge on any atom is 0.164 e. The molecule has 104 valence electrons. The minimum absolute atomic E-state index is 0.230. The summed E-state index contributed by atoms with van der Waals surface area (Å²) in [7, 11) is 0. The van der Waals surface area contributed by atoms with Crippen LogP contribution in [0.3, 0.4) is 0 Å². The van der Waals surface area contributed by atoms with Crippen LogP contribution in [0.5, 0.6) is 17.2 Å². The molecular formula is C15H21NO3. The standard InChI is InChI=1S/C15H21NO3/c16-15(5-2-1-3-6-15)11-9-13-14(10-12(11)17)19-8-4-7-18-13/h9-10,17H,1-8,16H2. The molecule has 3 N–H and O–H groups in total. The summed E-state index contributed by atoms with van der Waals surface area (Å²) in [4.78, 5) is 0. The summed E-state index contributed by atoms with van der Waals surface area (Å²) in [6, 6.07) is 3.53. The number of phenolic OH excluding ortho intramolecular Hbond substituents is 1. The fraction of sp³-hybridized carbons (Fsp3) is 0.600. The Balaban J connectivity index is 1.99. The molecule has 19 heavy (non-hydrogen) atoms. The predicted octanol–water partition coefficient (Wildman–Crippen LogP) is 2.67. The first kappa shape index (κ1) is 12.6. The predicted molar refractivity (Wildman–Crippen MR) is 72.7 cm³/mol. The molecule has 1 aliphatic heterocycles. The zero-order valence-corrected chi connectivity index (χ0v) is 11.2. The van der Waals surface area contributed by atoms with Gasteiger partial charge in [0.1, 0.15) is 5.75 Å². The molecular weight excluding hydrogens is 242 g/mol. The summed E-state index contributed by atoms with van der Waals surface area (Å²) < 4.78 is 11.3.